The first-order chi connectivity index (χ1) is 11.5. The van der Waals surface area contributed by atoms with Crippen molar-refractivity contribution in [1.82, 2.24) is 19.5 Å². The SMILES string of the molecule is Cc1cc(-c2ncc[nH]2)ccc1NC(=O)C(N)Cc1nccn1C. The third-order valence-corrected chi connectivity index (χ3v) is 3.92. The molecule has 3 rings (SSSR count). The predicted molar refractivity (Wildman–Crippen MR) is 92.3 cm³/mol. The van der Waals surface area contributed by atoms with Gasteiger partial charge in [-0.3, -0.25) is 4.79 Å². The van der Waals surface area contributed by atoms with Gasteiger partial charge in [-0.2, -0.15) is 0 Å². The molecule has 0 bridgehead atoms. The lowest BCUT2D eigenvalue weighted by molar-refractivity contribution is -0.117. The van der Waals surface area contributed by atoms with Gasteiger partial charge in [-0.25, -0.2) is 9.97 Å². The van der Waals surface area contributed by atoms with E-state index in [0.717, 1.165) is 28.5 Å². The summed E-state index contributed by atoms with van der Waals surface area (Å²) in [5.74, 6) is 1.34. The van der Waals surface area contributed by atoms with Crippen LogP contribution in [-0.4, -0.2) is 31.5 Å². The Hall–Kier alpha value is -2.93. The van der Waals surface area contributed by atoms with Crippen LogP contribution < -0.4 is 11.1 Å². The van der Waals surface area contributed by atoms with E-state index in [1.165, 1.54) is 0 Å². The summed E-state index contributed by atoms with van der Waals surface area (Å²) in [6.07, 6.45) is 7.39. The van der Waals surface area contributed by atoms with Crippen molar-refractivity contribution in [3.05, 3.63) is 54.4 Å². The van der Waals surface area contributed by atoms with Gasteiger partial charge in [0.05, 0.1) is 6.04 Å². The molecular weight excluding hydrogens is 304 g/mol. The van der Waals surface area contributed by atoms with Crippen molar-refractivity contribution in [3.63, 3.8) is 0 Å². The van der Waals surface area contributed by atoms with Crippen LogP contribution in [0.25, 0.3) is 11.4 Å². The van der Waals surface area contributed by atoms with Crippen LogP contribution in [0, 0.1) is 6.92 Å². The van der Waals surface area contributed by atoms with Crippen LogP contribution in [0.2, 0.25) is 0 Å². The number of rotatable bonds is 5. The summed E-state index contributed by atoms with van der Waals surface area (Å²) in [7, 11) is 1.88. The highest BCUT2D eigenvalue weighted by molar-refractivity contribution is 5.95. The van der Waals surface area contributed by atoms with Gasteiger partial charge in [-0.1, -0.05) is 0 Å². The van der Waals surface area contributed by atoms with E-state index in [0.29, 0.717) is 6.42 Å². The van der Waals surface area contributed by atoms with Crippen LogP contribution in [0.1, 0.15) is 11.4 Å². The number of nitrogens with two attached hydrogens (primary N) is 1. The Kier molecular flexibility index (Phi) is 4.43. The van der Waals surface area contributed by atoms with Gasteiger partial charge in [-0.15, -0.1) is 0 Å². The zero-order chi connectivity index (χ0) is 17.1. The van der Waals surface area contributed by atoms with Gasteiger partial charge in [0.1, 0.15) is 11.6 Å². The topological polar surface area (TPSA) is 102 Å². The number of imidazole rings is 2. The minimum Gasteiger partial charge on any atom is -0.345 e. The predicted octanol–water partition coefficient (Wildman–Crippen LogP) is 1.63. The van der Waals surface area contributed by atoms with Crippen molar-refractivity contribution < 1.29 is 4.79 Å². The highest BCUT2D eigenvalue weighted by atomic mass is 16.2. The minimum atomic E-state index is -0.657. The van der Waals surface area contributed by atoms with Gasteiger partial charge in [0.25, 0.3) is 0 Å². The second-order valence-electron chi connectivity index (χ2n) is 5.72. The zero-order valence-electron chi connectivity index (χ0n) is 13.7. The molecule has 124 valence electrons. The maximum Gasteiger partial charge on any atom is 0.241 e. The number of hydrogen-bond acceptors (Lipinski definition) is 4. The average Bonchev–Trinajstić information content (AvgIpc) is 3.22. The molecule has 0 aliphatic heterocycles. The number of nitrogens with one attached hydrogen (secondary N) is 2. The maximum atomic E-state index is 12.3. The number of aromatic amines is 1. The van der Waals surface area contributed by atoms with Gasteiger partial charge >= 0.3 is 0 Å². The lowest BCUT2D eigenvalue weighted by atomic mass is 10.1. The number of carbonyl (C=O) groups excluding carboxylic acids is 1. The highest BCUT2D eigenvalue weighted by Gasteiger charge is 2.17. The van der Waals surface area contributed by atoms with Crippen LogP contribution in [0.3, 0.4) is 0 Å². The number of amides is 1. The third kappa shape index (κ3) is 3.36. The Balaban J connectivity index is 1.69. The Morgan fingerprint density at radius 1 is 1.38 bits per heavy atom. The summed E-state index contributed by atoms with van der Waals surface area (Å²) in [5.41, 5.74) is 8.65. The summed E-state index contributed by atoms with van der Waals surface area (Å²) in [4.78, 5) is 23.8. The number of aryl methyl sites for hydroxylation is 2. The number of carbonyl (C=O) groups is 1. The van der Waals surface area contributed by atoms with Crippen molar-refractivity contribution in [2.45, 2.75) is 19.4 Å². The molecule has 1 aromatic carbocycles. The smallest absolute Gasteiger partial charge is 0.241 e. The summed E-state index contributed by atoms with van der Waals surface area (Å²) in [6.45, 7) is 1.94. The minimum absolute atomic E-state index is 0.230. The summed E-state index contributed by atoms with van der Waals surface area (Å²) >= 11 is 0. The fourth-order valence-corrected chi connectivity index (χ4v) is 2.48. The molecule has 0 saturated heterocycles. The molecule has 0 aliphatic rings. The fraction of sp³-hybridized carbons (Fsp3) is 0.235. The Morgan fingerprint density at radius 2 is 2.21 bits per heavy atom. The molecule has 4 N–H and O–H groups in total. The van der Waals surface area contributed by atoms with E-state index >= 15 is 0 Å². The third-order valence-electron chi connectivity index (χ3n) is 3.92. The molecule has 1 unspecified atom stereocenters. The van der Waals surface area contributed by atoms with Crippen molar-refractivity contribution in [2.75, 3.05) is 5.32 Å². The monoisotopic (exact) mass is 324 g/mol. The molecule has 1 atom stereocenters. The lowest BCUT2D eigenvalue weighted by Crippen LogP contribution is -2.38. The first-order valence-corrected chi connectivity index (χ1v) is 7.67. The van der Waals surface area contributed by atoms with Gasteiger partial charge in [0, 0.05) is 49.5 Å². The van der Waals surface area contributed by atoms with E-state index in [9.17, 15) is 4.79 Å². The number of anilines is 1. The highest BCUT2D eigenvalue weighted by Crippen LogP contribution is 2.22. The van der Waals surface area contributed by atoms with Gasteiger partial charge in [0.2, 0.25) is 5.91 Å². The van der Waals surface area contributed by atoms with E-state index in [2.05, 4.69) is 20.3 Å². The number of aromatic nitrogens is 4. The van der Waals surface area contributed by atoms with Crippen molar-refractivity contribution in [3.8, 4) is 11.4 Å². The van der Waals surface area contributed by atoms with Crippen LogP contribution in [0.15, 0.2) is 43.0 Å². The molecule has 1 amide bonds. The molecule has 7 nitrogen and oxygen atoms in total. The van der Waals surface area contributed by atoms with E-state index < -0.39 is 6.04 Å². The number of benzene rings is 1. The molecule has 7 heteroatoms. The van der Waals surface area contributed by atoms with E-state index in [4.69, 9.17) is 5.73 Å². The summed E-state index contributed by atoms with van der Waals surface area (Å²) in [5, 5.41) is 2.88. The van der Waals surface area contributed by atoms with Crippen LogP contribution in [-0.2, 0) is 18.3 Å². The molecular formula is C17H20N6O. The Labute approximate surface area is 139 Å². The standard InChI is InChI=1S/C17H20N6O/c1-11-9-12(16-20-5-6-21-16)3-4-14(11)22-17(24)13(18)10-15-19-7-8-23(15)2/h3-9,13H,10,18H2,1-2H3,(H,20,21)(H,22,24). The van der Waals surface area contributed by atoms with Gasteiger partial charge < -0.3 is 20.6 Å². The quantitative estimate of drug-likeness (QED) is 0.664. The number of nitrogens with zero attached hydrogens (tertiary/aromatic N) is 3. The normalized spacial score (nSPS) is 12.1. The Morgan fingerprint density at radius 3 is 2.83 bits per heavy atom. The summed E-state index contributed by atoms with van der Waals surface area (Å²) in [6, 6.07) is 5.08. The molecule has 0 radical (unpaired) electrons. The lowest BCUT2D eigenvalue weighted by Gasteiger charge is -2.14. The molecule has 0 saturated carbocycles. The molecule has 0 fully saturated rings. The zero-order valence-corrected chi connectivity index (χ0v) is 13.7. The van der Waals surface area contributed by atoms with Crippen molar-refractivity contribution in [1.29, 1.82) is 0 Å². The van der Waals surface area contributed by atoms with Crippen molar-refractivity contribution >= 4 is 11.6 Å². The van der Waals surface area contributed by atoms with E-state index in [1.807, 2.05) is 42.9 Å². The number of H-pyrrole nitrogens is 1. The van der Waals surface area contributed by atoms with Gasteiger partial charge in [-0.05, 0) is 30.7 Å². The fourth-order valence-electron chi connectivity index (χ4n) is 2.48. The molecule has 3 aromatic rings. The Bertz CT molecular complexity index is 837. The second-order valence-corrected chi connectivity index (χ2v) is 5.72. The van der Waals surface area contributed by atoms with Crippen LogP contribution in [0.5, 0.6) is 0 Å². The molecule has 2 heterocycles. The second kappa shape index (κ2) is 6.67. The van der Waals surface area contributed by atoms with Crippen molar-refractivity contribution in [2.24, 2.45) is 12.8 Å². The summed E-state index contributed by atoms with van der Waals surface area (Å²) < 4.78 is 1.86. The first-order valence-electron chi connectivity index (χ1n) is 7.67. The van der Waals surface area contributed by atoms with Gasteiger partial charge in [0.15, 0.2) is 0 Å². The van der Waals surface area contributed by atoms with E-state index in [-0.39, 0.29) is 5.91 Å². The number of hydrogen-bond donors (Lipinski definition) is 3. The largest absolute Gasteiger partial charge is 0.345 e. The van der Waals surface area contributed by atoms with Crippen LogP contribution in [0.4, 0.5) is 5.69 Å². The van der Waals surface area contributed by atoms with Crippen LogP contribution >= 0.6 is 0 Å². The first kappa shape index (κ1) is 15.9. The maximum absolute atomic E-state index is 12.3. The molecule has 0 aliphatic carbocycles. The average molecular weight is 324 g/mol. The molecule has 24 heavy (non-hydrogen) atoms. The molecule has 2 aromatic heterocycles. The molecule has 0 spiro atoms. The van der Waals surface area contributed by atoms with E-state index in [1.54, 1.807) is 18.6 Å².